The van der Waals surface area contributed by atoms with Crippen LogP contribution in [0.4, 0.5) is 0 Å². The summed E-state index contributed by atoms with van der Waals surface area (Å²) in [4.78, 5) is 36.7. The van der Waals surface area contributed by atoms with Crippen LogP contribution >= 0.6 is 0 Å². The fraction of sp³-hybridized carbons (Fsp3) is 0.929. The zero-order chi connectivity index (χ0) is 55.9. The second-order valence-electron chi connectivity index (χ2n) is 18.8. The number of aliphatic hydroxyl groups excluding tert-OH is 17. The third-order valence-corrected chi connectivity index (χ3v) is 13.2. The summed E-state index contributed by atoms with van der Waals surface area (Å²) in [6.07, 6.45) is -48.2. The molecule has 33 nitrogen and oxygen atoms in total. The monoisotopic (exact) mass is 1100 g/mol. The molecular weight excluding hydrogens is 1030 g/mol. The first-order valence-electron chi connectivity index (χ1n) is 23.9. The van der Waals surface area contributed by atoms with E-state index in [1.54, 1.807) is 0 Å². The highest BCUT2D eigenvalue weighted by Gasteiger charge is 2.56. The summed E-state index contributed by atoms with van der Waals surface area (Å²) in [6, 6.07) is -4.92. The molecule has 5 fully saturated rings. The molecule has 5 aliphatic rings. The summed E-state index contributed by atoms with van der Waals surface area (Å²) >= 11 is 0. The summed E-state index contributed by atoms with van der Waals surface area (Å²) < 4.78 is 57.2. The van der Waals surface area contributed by atoms with E-state index >= 15 is 0 Å². The quantitative estimate of drug-likeness (QED) is 0.0479. The molecule has 0 spiro atoms. The standard InChI is InChI=1S/C42H73N3O30/c1-11-23(55)29(61)32(64)40(67-11)75-37-30(62)26(58)18(7-48)69-42(37)74-35-19(8-49)70-38(22(28(35)60)45-14(4)53)66-10-16(54)24(56)34(15(5-46)43-12(2)51)72-41-33(65)31(63)36(20(9-50)71-41)73-39-21(44-13(3)52)27(59)25(57)17(6-47)68-39/h11,15-42,46-50,54-65H,5-10H2,1-4H3,(H,43,51)(H,44,52)(H,45,53)/t11-,15-,16+,17+,18+,19+,20+,21+,22+,23+,24-,25+,26-,27+,28+,29+,30-,31+,32-,33+,34+,35+,36-,37+,38+,39+,40-,41-,42-/m0/s1. The maximum absolute atomic E-state index is 12.5. The van der Waals surface area contributed by atoms with Crippen molar-refractivity contribution in [2.75, 3.05) is 39.6 Å². The van der Waals surface area contributed by atoms with Crippen LogP contribution in [-0.4, -0.2) is 322 Å². The molecule has 0 aromatic heterocycles. The minimum absolute atomic E-state index is 0.734. The fourth-order valence-electron chi connectivity index (χ4n) is 9.16. The van der Waals surface area contributed by atoms with Gasteiger partial charge in [-0.25, -0.2) is 0 Å². The number of aliphatic hydroxyl groups is 17. The van der Waals surface area contributed by atoms with Gasteiger partial charge >= 0.3 is 0 Å². The minimum atomic E-state index is -2.29. The average Bonchev–Trinajstić information content (AvgIpc) is 3.37. The average molecular weight is 1100 g/mol. The summed E-state index contributed by atoms with van der Waals surface area (Å²) in [7, 11) is 0. The lowest BCUT2D eigenvalue weighted by atomic mass is 9.95. The molecule has 5 saturated heterocycles. The van der Waals surface area contributed by atoms with Crippen molar-refractivity contribution in [2.45, 2.75) is 205 Å². The number of rotatable bonds is 22. The molecule has 5 aliphatic heterocycles. The molecule has 3 amide bonds. The number of carbonyl (C=O) groups is 3. The summed E-state index contributed by atoms with van der Waals surface area (Å²) in [5.74, 6) is -2.38. The van der Waals surface area contributed by atoms with Crippen LogP contribution in [0.2, 0.25) is 0 Å². The first kappa shape index (κ1) is 63.2. The molecule has 0 aliphatic carbocycles. The smallest absolute Gasteiger partial charge is 0.217 e. The Bertz CT molecular complexity index is 1800. The third-order valence-electron chi connectivity index (χ3n) is 13.2. The van der Waals surface area contributed by atoms with E-state index in [1.807, 2.05) is 0 Å². The van der Waals surface area contributed by atoms with Gasteiger partial charge in [-0.15, -0.1) is 0 Å². The van der Waals surface area contributed by atoms with Crippen LogP contribution in [-0.2, 0) is 61.8 Å². The van der Waals surface area contributed by atoms with Crippen molar-refractivity contribution < 1.29 is 149 Å². The summed E-state index contributed by atoms with van der Waals surface area (Å²) in [5.41, 5.74) is 0. The van der Waals surface area contributed by atoms with Crippen LogP contribution in [0.1, 0.15) is 27.7 Å². The predicted molar refractivity (Wildman–Crippen MR) is 235 cm³/mol. The summed E-state index contributed by atoms with van der Waals surface area (Å²) in [5, 5.41) is 189. The molecular formula is C42H73N3O30. The number of hydrogen-bond donors (Lipinski definition) is 20. The number of ether oxygens (including phenoxy) is 10. The molecule has 436 valence electrons. The Hall–Kier alpha value is -2.67. The lowest BCUT2D eigenvalue weighted by Gasteiger charge is -2.49. The van der Waals surface area contributed by atoms with Crippen LogP contribution in [0, 0.1) is 0 Å². The van der Waals surface area contributed by atoms with Crippen molar-refractivity contribution in [3.8, 4) is 0 Å². The molecule has 5 rings (SSSR count). The first-order valence-corrected chi connectivity index (χ1v) is 23.9. The van der Waals surface area contributed by atoms with Gasteiger partial charge in [0.05, 0.1) is 51.8 Å². The van der Waals surface area contributed by atoms with E-state index in [4.69, 9.17) is 47.4 Å². The van der Waals surface area contributed by atoms with Gasteiger partial charge in [-0.2, -0.15) is 0 Å². The van der Waals surface area contributed by atoms with Gasteiger partial charge in [0.25, 0.3) is 0 Å². The Balaban J connectivity index is 1.33. The van der Waals surface area contributed by atoms with Crippen molar-refractivity contribution in [2.24, 2.45) is 0 Å². The Morgan fingerprint density at radius 1 is 0.480 bits per heavy atom. The zero-order valence-corrected chi connectivity index (χ0v) is 40.9. The maximum atomic E-state index is 12.5. The maximum Gasteiger partial charge on any atom is 0.217 e. The topological polar surface area (TPSA) is 524 Å². The largest absolute Gasteiger partial charge is 0.394 e. The van der Waals surface area contributed by atoms with Crippen molar-refractivity contribution in [1.82, 2.24) is 16.0 Å². The van der Waals surface area contributed by atoms with E-state index in [9.17, 15) is 101 Å². The van der Waals surface area contributed by atoms with Crippen molar-refractivity contribution >= 4 is 17.7 Å². The van der Waals surface area contributed by atoms with Crippen molar-refractivity contribution in [1.29, 1.82) is 0 Å². The number of amides is 3. The highest BCUT2D eigenvalue weighted by Crippen LogP contribution is 2.35. The Morgan fingerprint density at radius 3 is 1.47 bits per heavy atom. The van der Waals surface area contributed by atoms with Crippen LogP contribution < -0.4 is 16.0 Å². The van der Waals surface area contributed by atoms with Gasteiger partial charge in [0.1, 0.15) is 134 Å². The van der Waals surface area contributed by atoms with Crippen LogP contribution in [0.15, 0.2) is 0 Å². The van der Waals surface area contributed by atoms with Gasteiger partial charge in [0.15, 0.2) is 31.5 Å². The van der Waals surface area contributed by atoms with Gasteiger partial charge in [-0.1, -0.05) is 0 Å². The number of carbonyl (C=O) groups excluding carboxylic acids is 3. The van der Waals surface area contributed by atoms with E-state index in [-0.39, 0.29) is 0 Å². The third kappa shape index (κ3) is 14.8. The van der Waals surface area contributed by atoms with Crippen molar-refractivity contribution in [3.05, 3.63) is 0 Å². The SMILES string of the molecule is CC(=O)N[C@H]1[C@H](OC[C@@H](O)[C@H](O)[C@H](O[C@@H]2O[C@H](CO)[C@H](O[C@H]3O[C@H](CO)[C@@H](O)[C@H](O)[C@H]3NC(C)=O)[C@H](O)[C@H]2O)[C@H](CO)NC(C)=O)O[C@H](CO)[C@@H](O[C@@H]2O[C@H](CO)[C@H](O)[C@H](O)[C@H]2O[C@@H]2O[C@@H](C)[C@@H](O)[C@@H](O)[C@@H]2O)[C@@H]1O. The second kappa shape index (κ2) is 28.0. The molecule has 33 heteroatoms. The van der Waals surface area contributed by atoms with E-state index in [2.05, 4.69) is 16.0 Å². The molecule has 0 bridgehead atoms. The Morgan fingerprint density at radius 2 is 0.933 bits per heavy atom. The normalized spacial score (nSPS) is 44.2. The van der Waals surface area contributed by atoms with Gasteiger partial charge in [0, 0.05) is 20.8 Å². The van der Waals surface area contributed by atoms with Crippen molar-refractivity contribution in [3.63, 3.8) is 0 Å². The molecule has 75 heavy (non-hydrogen) atoms. The van der Waals surface area contributed by atoms with Gasteiger partial charge < -0.3 is 150 Å². The second-order valence-corrected chi connectivity index (χ2v) is 18.8. The first-order chi connectivity index (χ1) is 35.3. The number of hydrogen-bond acceptors (Lipinski definition) is 30. The highest BCUT2D eigenvalue weighted by atomic mass is 16.8. The predicted octanol–water partition coefficient (Wildman–Crippen LogP) is -13.0. The molecule has 5 heterocycles. The lowest BCUT2D eigenvalue weighted by Crippen LogP contribution is -2.68. The van der Waals surface area contributed by atoms with Gasteiger partial charge in [0.2, 0.25) is 17.7 Å². The Kier molecular flexibility index (Phi) is 23.5. The molecule has 0 aromatic rings. The van der Waals surface area contributed by atoms with E-state index < -0.39 is 235 Å². The number of nitrogens with one attached hydrogen (secondary N) is 3. The zero-order valence-electron chi connectivity index (χ0n) is 40.9. The lowest BCUT2D eigenvalue weighted by molar-refractivity contribution is -0.383. The van der Waals surface area contributed by atoms with E-state index in [0.717, 1.165) is 20.8 Å². The van der Waals surface area contributed by atoms with E-state index in [1.165, 1.54) is 6.92 Å². The van der Waals surface area contributed by atoms with E-state index in [0.29, 0.717) is 0 Å². The fourth-order valence-corrected chi connectivity index (χ4v) is 9.16. The molecule has 0 radical (unpaired) electrons. The molecule has 0 unspecified atom stereocenters. The molecule has 0 aromatic carbocycles. The molecule has 29 atom stereocenters. The molecule has 0 saturated carbocycles. The molecule has 20 N–H and O–H groups in total. The van der Waals surface area contributed by atoms with Gasteiger partial charge in [-0.05, 0) is 6.92 Å². The van der Waals surface area contributed by atoms with Crippen LogP contribution in [0.25, 0.3) is 0 Å². The Labute approximate surface area is 426 Å². The van der Waals surface area contributed by atoms with Crippen LogP contribution in [0.5, 0.6) is 0 Å². The van der Waals surface area contributed by atoms with Crippen LogP contribution in [0.3, 0.4) is 0 Å². The minimum Gasteiger partial charge on any atom is -0.394 e. The summed E-state index contributed by atoms with van der Waals surface area (Å²) in [6.45, 7) is -1.49. The highest BCUT2D eigenvalue weighted by molar-refractivity contribution is 5.74. The van der Waals surface area contributed by atoms with Gasteiger partial charge in [-0.3, -0.25) is 14.4 Å².